The van der Waals surface area contributed by atoms with Gasteiger partial charge in [-0.05, 0) is 21.2 Å². The molecule has 0 spiro atoms. The van der Waals surface area contributed by atoms with Gasteiger partial charge in [-0.1, -0.05) is 80.8 Å². The Morgan fingerprint density at radius 1 is 0.536 bits per heavy atom. The standard InChI is InChI=1S/C22H36F4Si2/c1-19(2,3)17-15(27(7,8)9)13(21(17,23)24)14-16(28(10,11)12)18(20(4,5)6)22(14,25)26/h1-12H3/b14-13+. The number of halogens is 4. The third kappa shape index (κ3) is 3.32. The lowest BCUT2D eigenvalue weighted by Gasteiger charge is -2.54. The zero-order chi connectivity index (χ0) is 22.5. The van der Waals surface area contributed by atoms with Crippen molar-refractivity contribution in [2.75, 3.05) is 0 Å². The van der Waals surface area contributed by atoms with Gasteiger partial charge in [-0.2, -0.15) is 17.6 Å². The molecule has 0 fully saturated rings. The fraction of sp³-hybridized carbons (Fsp3) is 0.727. The fourth-order valence-electron chi connectivity index (χ4n) is 4.76. The summed E-state index contributed by atoms with van der Waals surface area (Å²) in [5, 5.41) is 1.12. The van der Waals surface area contributed by atoms with E-state index in [0.29, 0.717) is 10.4 Å². The molecule has 0 N–H and O–H groups in total. The van der Waals surface area contributed by atoms with Crippen LogP contribution in [0.2, 0.25) is 39.3 Å². The zero-order valence-corrected chi connectivity index (χ0v) is 21.5. The molecular weight excluding hydrogens is 396 g/mol. The minimum absolute atomic E-state index is 0.0663. The molecule has 0 aliphatic heterocycles. The SMILES string of the molecule is CC(C)(C)C1=C([Si](C)(C)C)/C(=C2/C([Si](C)(C)C)=C(C(C)(C)C)C2(F)F)C1(F)F. The molecule has 0 amide bonds. The van der Waals surface area contributed by atoms with E-state index in [1.54, 1.807) is 41.5 Å². The van der Waals surface area contributed by atoms with E-state index in [1.807, 2.05) is 39.3 Å². The van der Waals surface area contributed by atoms with Crippen molar-refractivity contribution in [1.29, 1.82) is 0 Å². The number of allylic oxidation sites excluding steroid dienone is 6. The van der Waals surface area contributed by atoms with Crippen molar-refractivity contribution in [2.45, 2.75) is 92.7 Å². The second-order valence-corrected chi connectivity index (χ2v) is 22.4. The average molecular weight is 433 g/mol. The molecule has 0 aromatic heterocycles. The molecule has 6 heteroatoms. The average Bonchev–Trinajstić information content (AvgIpc) is 2.33. The van der Waals surface area contributed by atoms with Gasteiger partial charge >= 0.3 is 0 Å². The molecule has 0 heterocycles. The minimum Gasteiger partial charge on any atom is -0.196 e. The fourth-order valence-corrected chi connectivity index (χ4v) is 9.39. The lowest BCUT2D eigenvalue weighted by molar-refractivity contribution is 0.0196. The van der Waals surface area contributed by atoms with Crippen LogP contribution in [0.15, 0.2) is 32.7 Å². The van der Waals surface area contributed by atoms with Gasteiger partial charge in [0.2, 0.25) is 0 Å². The smallest absolute Gasteiger partial charge is 0.196 e. The van der Waals surface area contributed by atoms with Crippen LogP contribution in [0.4, 0.5) is 17.6 Å². The number of hydrogen-bond donors (Lipinski definition) is 0. The van der Waals surface area contributed by atoms with Crippen LogP contribution < -0.4 is 0 Å². The van der Waals surface area contributed by atoms with Gasteiger partial charge in [0, 0.05) is 22.3 Å². The Bertz CT molecular complexity index is 731. The first-order valence-corrected chi connectivity index (χ1v) is 17.0. The lowest BCUT2D eigenvalue weighted by Crippen LogP contribution is -2.55. The second-order valence-electron chi connectivity index (χ2n) is 12.4. The summed E-state index contributed by atoms with van der Waals surface area (Å²) in [6, 6.07) is 0. The molecule has 2 aliphatic carbocycles. The van der Waals surface area contributed by atoms with Crippen LogP contribution in [0.5, 0.6) is 0 Å². The summed E-state index contributed by atoms with van der Waals surface area (Å²) in [6.07, 6.45) is 0. The summed E-state index contributed by atoms with van der Waals surface area (Å²) in [6.45, 7) is 22.4. The van der Waals surface area contributed by atoms with E-state index in [0.717, 1.165) is 0 Å². The van der Waals surface area contributed by atoms with Crippen LogP contribution in [0, 0.1) is 10.8 Å². The van der Waals surface area contributed by atoms with Crippen LogP contribution >= 0.6 is 0 Å². The third-order valence-corrected chi connectivity index (χ3v) is 9.51. The molecule has 0 nitrogen and oxygen atoms in total. The summed E-state index contributed by atoms with van der Waals surface area (Å²) >= 11 is 0. The molecular formula is C22H36F4Si2. The van der Waals surface area contributed by atoms with Gasteiger partial charge in [0.25, 0.3) is 11.8 Å². The van der Waals surface area contributed by atoms with Crippen LogP contribution in [0.25, 0.3) is 0 Å². The third-order valence-electron chi connectivity index (χ3n) is 5.51. The topological polar surface area (TPSA) is 0 Å². The Morgan fingerprint density at radius 2 is 0.750 bits per heavy atom. The monoisotopic (exact) mass is 432 g/mol. The Labute approximate surface area is 170 Å². The minimum atomic E-state index is -3.29. The highest BCUT2D eigenvalue weighted by Gasteiger charge is 2.66. The zero-order valence-electron chi connectivity index (χ0n) is 19.5. The van der Waals surface area contributed by atoms with Crippen molar-refractivity contribution in [2.24, 2.45) is 10.8 Å². The Kier molecular flexibility index (Phi) is 5.03. The largest absolute Gasteiger partial charge is 0.295 e. The van der Waals surface area contributed by atoms with Crippen molar-refractivity contribution >= 4 is 16.1 Å². The van der Waals surface area contributed by atoms with E-state index >= 15 is 17.6 Å². The van der Waals surface area contributed by atoms with E-state index < -0.39 is 38.8 Å². The van der Waals surface area contributed by atoms with Gasteiger partial charge < -0.3 is 0 Å². The van der Waals surface area contributed by atoms with E-state index in [1.165, 1.54) is 0 Å². The molecule has 160 valence electrons. The number of hydrogen-bond acceptors (Lipinski definition) is 0. The van der Waals surface area contributed by atoms with Crippen molar-refractivity contribution in [1.82, 2.24) is 0 Å². The highest BCUT2D eigenvalue weighted by molar-refractivity contribution is 6.86. The van der Waals surface area contributed by atoms with E-state index in [-0.39, 0.29) is 22.3 Å². The first-order chi connectivity index (χ1) is 12.0. The molecule has 0 atom stereocenters. The van der Waals surface area contributed by atoms with Crippen molar-refractivity contribution in [3.63, 3.8) is 0 Å². The lowest BCUT2D eigenvalue weighted by atomic mass is 9.65. The van der Waals surface area contributed by atoms with Gasteiger partial charge in [-0.15, -0.1) is 0 Å². The molecule has 2 aliphatic rings. The maximum absolute atomic E-state index is 15.5. The maximum Gasteiger partial charge on any atom is 0.295 e. The quantitative estimate of drug-likeness (QED) is 0.306. The van der Waals surface area contributed by atoms with E-state index in [4.69, 9.17) is 0 Å². The molecule has 2 rings (SSSR count). The number of alkyl halides is 4. The maximum atomic E-state index is 15.5. The Balaban J connectivity index is 3.02. The van der Waals surface area contributed by atoms with Gasteiger partial charge in [0.15, 0.2) is 0 Å². The van der Waals surface area contributed by atoms with Gasteiger partial charge in [0.05, 0.1) is 16.1 Å². The highest BCUT2D eigenvalue weighted by atomic mass is 28.3. The number of rotatable bonds is 2. The predicted octanol–water partition coefficient (Wildman–Crippen LogP) is 8.02. The van der Waals surface area contributed by atoms with E-state index in [9.17, 15) is 0 Å². The van der Waals surface area contributed by atoms with Crippen LogP contribution in [0.3, 0.4) is 0 Å². The van der Waals surface area contributed by atoms with Crippen LogP contribution in [-0.4, -0.2) is 28.0 Å². The van der Waals surface area contributed by atoms with Gasteiger partial charge in [-0.25, -0.2) is 0 Å². The molecule has 0 bridgehead atoms. The van der Waals surface area contributed by atoms with Crippen molar-refractivity contribution < 1.29 is 17.6 Å². The summed E-state index contributed by atoms with van der Waals surface area (Å²) in [5.41, 5.74) is -2.05. The van der Waals surface area contributed by atoms with Gasteiger partial charge in [-0.3, -0.25) is 0 Å². The van der Waals surface area contributed by atoms with Crippen LogP contribution in [-0.2, 0) is 0 Å². The molecule has 0 saturated carbocycles. The first kappa shape index (κ1) is 23.7. The molecule has 0 aromatic carbocycles. The normalized spacial score (nSPS) is 25.7. The molecule has 0 aromatic rings. The highest BCUT2D eigenvalue weighted by Crippen LogP contribution is 2.66. The Morgan fingerprint density at radius 3 is 0.893 bits per heavy atom. The van der Waals surface area contributed by atoms with Crippen molar-refractivity contribution in [3.8, 4) is 0 Å². The summed E-state index contributed by atoms with van der Waals surface area (Å²) in [4.78, 5) is 0. The molecule has 0 unspecified atom stereocenters. The first-order valence-electron chi connectivity index (χ1n) is 10.0. The molecule has 28 heavy (non-hydrogen) atoms. The summed E-state index contributed by atoms with van der Waals surface area (Å²) in [5.74, 6) is -6.58. The molecule has 0 radical (unpaired) electrons. The van der Waals surface area contributed by atoms with Crippen LogP contribution in [0.1, 0.15) is 41.5 Å². The Hall–Kier alpha value is -0.626. The molecule has 0 saturated heterocycles. The summed E-state index contributed by atoms with van der Waals surface area (Å²) in [7, 11) is -4.52. The summed E-state index contributed by atoms with van der Waals surface area (Å²) < 4.78 is 62.0. The van der Waals surface area contributed by atoms with Gasteiger partial charge in [0.1, 0.15) is 0 Å². The van der Waals surface area contributed by atoms with Crippen molar-refractivity contribution in [3.05, 3.63) is 32.7 Å². The predicted molar refractivity (Wildman–Crippen MR) is 117 cm³/mol. The second kappa shape index (κ2) is 5.96. The van der Waals surface area contributed by atoms with E-state index in [2.05, 4.69) is 0 Å².